The van der Waals surface area contributed by atoms with E-state index in [2.05, 4.69) is 21.8 Å². The lowest BCUT2D eigenvalue weighted by molar-refractivity contribution is -0.471. The lowest BCUT2D eigenvalue weighted by Gasteiger charge is -2.12. The third-order valence-electron chi connectivity index (χ3n) is 3.38. The van der Waals surface area contributed by atoms with E-state index in [1.165, 1.54) is 12.8 Å². The maximum atomic E-state index is 9.19. The third-order valence-corrected chi connectivity index (χ3v) is 3.72. The molecule has 0 unspecified atom stereocenters. The molecule has 0 N–H and O–H groups in total. The largest absolute Gasteiger partial charge is 0.293 e. The molecule has 2 aliphatic rings. The molecule has 1 saturated carbocycles. The van der Waals surface area contributed by atoms with E-state index in [-0.39, 0.29) is 0 Å². The van der Waals surface area contributed by atoms with E-state index in [9.17, 15) is 5.26 Å². The van der Waals surface area contributed by atoms with Gasteiger partial charge in [0.2, 0.25) is 0 Å². The molecular weight excluding hydrogens is 246 g/mol. The van der Waals surface area contributed by atoms with Crippen molar-refractivity contribution in [1.29, 1.82) is 5.26 Å². The zero-order chi connectivity index (χ0) is 12.5. The minimum atomic E-state index is 0.524. The first-order valence-electron chi connectivity index (χ1n) is 6.12. The highest BCUT2D eigenvalue weighted by Gasteiger charge is 2.35. The van der Waals surface area contributed by atoms with Gasteiger partial charge in [-0.3, -0.25) is 0 Å². The number of hydrogen-bond acceptors (Lipinski definition) is 2. The molecule has 18 heavy (non-hydrogen) atoms. The first kappa shape index (κ1) is 11.4. The number of nitriles is 1. The van der Waals surface area contributed by atoms with Gasteiger partial charge >= 0.3 is 0 Å². The van der Waals surface area contributed by atoms with Crippen LogP contribution >= 0.6 is 11.6 Å². The summed E-state index contributed by atoms with van der Waals surface area (Å²) in [6, 6.07) is 6.11. The van der Waals surface area contributed by atoms with Crippen molar-refractivity contribution in [3.63, 3.8) is 0 Å². The van der Waals surface area contributed by atoms with E-state index in [1.54, 1.807) is 6.20 Å². The molecule has 3 rings (SSSR count). The van der Waals surface area contributed by atoms with E-state index < -0.39 is 0 Å². The average molecular weight is 259 g/mol. The summed E-state index contributed by atoms with van der Waals surface area (Å²) < 4.78 is 2.07. The van der Waals surface area contributed by atoms with Crippen LogP contribution in [0.2, 0.25) is 5.15 Å². The van der Waals surface area contributed by atoms with Gasteiger partial charge in [-0.2, -0.15) is 9.84 Å². The molecule has 2 heterocycles. The quantitative estimate of drug-likeness (QED) is 0.615. The summed E-state index contributed by atoms with van der Waals surface area (Å²) >= 11 is 6.03. The van der Waals surface area contributed by atoms with E-state index >= 15 is 0 Å². The van der Waals surface area contributed by atoms with Crippen molar-refractivity contribution in [2.45, 2.75) is 19.3 Å². The molecule has 0 spiro atoms. The number of halogens is 1. The van der Waals surface area contributed by atoms with E-state index in [4.69, 9.17) is 11.6 Å². The highest BCUT2D eigenvalue weighted by atomic mass is 35.5. The molecule has 3 nitrogen and oxygen atoms in total. The van der Waals surface area contributed by atoms with E-state index in [0.717, 1.165) is 29.3 Å². The molecule has 0 saturated heterocycles. The standard InChI is InChI=1S/C14H13ClN3/c15-14-11(2-1-5-17-14)6-12-9-18(13(12)7-16)8-10-3-4-10/h1-2,5,9-10H,3-4,6,8H2/q+1. The predicted molar refractivity (Wildman–Crippen MR) is 69.5 cm³/mol. The van der Waals surface area contributed by atoms with Crippen LogP contribution in [0.25, 0.3) is 0 Å². The predicted octanol–water partition coefficient (Wildman–Crippen LogP) is 2.56. The van der Waals surface area contributed by atoms with Crippen LogP contribution in [0.4, 0.5) is 0 Å². The molecule has 90 valence electrons. The van der Waals surface area contributed by atoms with Crippen molar-refractivity contribution >= 4 is 17.3 Å². The van der Waals surface area contributed by atoms with Crippen LogP contribution in [0.15, 0.2) is 30.1 Å². The Balaban J connectivity index is 1.72. The molecule has 0 aromatic carbocycles. The molecule has 0 bridgehead atoms. The normalized spacial score (nSPS) is 18.1. The monoisotopic (exact) mass is 258 g/mol. The van der Waals surface area contributed by atoms with Crippen molar-refractivity contribution in [2.24, 2.45) is 5.92 Å². The number of aromatic nitrogens is 1. The minimum Gasteiger partial charge on any atom is -0.244 e. The van der Waals surface area contributed by atoms with Gasteiger partial charge < -0.3 is 0 Å². The third kappa shape index (κ3) is 2.16. The molecular formula is C14H13ClN3+. The number of hydrogen-bond donors (Lipinski definition) is 0. The molecule has 1 aliphatic carbocycles. The van der Waals surface area contributed by atoms with Gasteiger partial charge in [0.25, 0.3) is 5.71 Å². The Morgan fingerprint density at radius 1 is 1.50 bits per heavy atom. The van der Waals surface area contributed by atoms with Gasteiger partial charge in [0.1, 0.15) is 10.7 Å². The number of nitrogens with zero attached hydrogens (tertiary/aromatic N) is 3. The molecule has 1 aromatic heterocycles. The summed E-state index contributed by atoms with van der Waals surface area (Å²) in [6.45, 7) is 0.993. The van der Waals surface area contributed by atoms with Gasteiger partial charge in [0.05, 0.1) is 0 Å². The summed E-state index contributed by atoms with van der Waals surface area (Å²) in [7, 11) is 0. The van der Waals surface area contributed by atoms with Crippen LogP contribution in [0, 0.1) is 17.2 Å². The van der Waals surface area contributed by atoms with Crippen molar-refractivity contribution in [1.82, 2.24) is 4.98 Å². The maximum Gasteiger partial charge on any atom is 0.293 e. The molecule has 1 aromatic rings. The average Bonchev–Trinajstić information content (AvgIpc) is 3.14. The summed E-state index contributed by atoms with van der Waals surface area (Å²) in [6.07, 6.45) is 7.03. The van der Waals surface area contributed by atoms with Gasteiger partial charge in [0, 0.05) is 18.5 Å². The molecule has 4 heteroatoms. The Morgan fingerprint density at radius 3 is 3.00 bits per heavy atom. The molecule has 0 radical (unpaired) electrons. The zero-order valence-electron chi connectivity index (χ0n) is 9.93. The highest BCUT2D eigenvalue weighted by Crippen LogP contribution is 2.31. The van der Waals surface area contributed by atoms with Crippen LogP contribution in [-0.4, -0.2) is 21.8 Å². The van der Waals surface area contributed by atoms with Crippen LogP contribution in [0.3, 0.4) is 0 Å². The van der Waals surface area contributed by atoms with Gasteiger partial charge in [-0.1, -0.05) is 17.7 Å². The Bertz CT molecular complexity index is 591. The van der Waals surface area contributed by atoms with Gasteiger partial charge in [-0.15, -0.1) is 0 Å². The summed E-state index contributed by atoms with van der Waals surface area (Å²) in [5.41, 5.74) is 2.83. The van der Waals surface area contributed by atoms with Gasteiger partial charge in [-0.25, -0.2) is 4.98 Å². The fourth-order valence-corrected chi connectivity index (χ4v) is 2.36. The van der Waals surface area contributed by atoms with Crippen LogP contribution < -0.4 is 0 Å². The Labute approximate surface area is 111 Å². The first-order chi connectivity index (χ1) is 8.78. The van der Waals surface area contributed by atoms with Crippen LogP contribution in [-0.2, 0) is 6.42 Å². The first-order valence-corrected chi connectivity index (χ1v) is 6.50. The second-order valence-electron chi connectivity index (χ2n) is 4.84. The fraction of sp³-hybridized carbons (Fsp3) is 0.357. The number of rotatable bonds is 4. The van der Waals surface area contributed by atoms with Crippen molar-refractivity contribution in [3.05, 3.63) is 40.8 Å². The lowest BCUT2D eigenvalue weighted by Crippen LogP contribution is -2.29. The summed E-state index contributed by atoms with van der Waals surface area (Å²) in [4.78, 5) is 4.05. The van der Waals surface area contributed by atoms with Crippen molar-refractivity contribution < 1.29 is 4.58 Å². The lowest BCUT2D eigenvalue weighted by atomic mass is 9.99. The number of allylic oxidation sites excluding steroid dienone is 1. The smallest absolute Gasteiger partial charge is 0.244 e. The Hall–Kier alpha value is -1.66. The molecule has 0 atom stereocenters. The molecule has 1 fully saturated rings. The minimum absolute atomic E-state index is 0.524. The highest BCUT2D eigenvalue weighted by molar-refractivity contribution is 6.30. The topological polar surface area (TPSA) is 39.7 Å². The zero-order valence-corrected chi connectivity index (χ0v) is 10.7. The van der Waals surface area contributed by atoms with Gasteiger partial charge in [0.15, 0.2) is 18.8 Å². The van der Waals surface area contributed by atoms with Crippen LogP contribution in [0.1, 0.15) is 18.4 Å². The SMILES string of the molecule is N#CC1=[N+](CC2CC2)C=C1Cc1cccnc1Cl. The second kappa shape index (κ2) is 4.55. The molecule has 0 amide bonds. The summed E-state index contributed by atoms with van der Waals surface area (Å²) in [5, 5.41) is 9.71. The van der Waals surface area contributed by atoms with E-state index in [1.807, 2.05) is 12.1 Å². The van der Waals surface area contributed by atoms with Gasteiger partial charge in [-0.05, 0) is 24.5 Å². The van der Waals surface area contributed by atoms with Crippen molar-refractivity contribution in [2.75, 3.05) is 6.54 Å². The maximum absolute atomic E-state index is 9.19. The second-order valence-corrected chi connectivity index (χ2v) is 5.20. The van der Waals surface area contributed by atoms with Crippen LogP contribution in [0.5, 0.6) is 0 Å². The molecule has 1 aliphatic heterocycles. The number of pyridine rings is 1. The summed E-state index contributed by atoms with van der Waals surface area (Å²) in [5.74, 6) is 0.785. The van der Waals surface area contributed by atoms with Crippen molar-refractivity contribution in [3.8, 4) is 6.07 Å². The van der Waals surface area contributed by atoms with E-state index in [0.29, 0.717) is 11.6 Å². The Morgan fingerprint density at radius 2 is 2.33 bits per heavy atom. The fourth-order valence-electron chi connectivity index (χ4n) is 2.18. The Kier molecular flexibility index (Phi) is 2.89.